The molecule has 0 bridgehead atoms. The van der Waals surface area contributed by atoms with E-state index in [-0.39, 0.29) is 12.0 Å². The average Bonchev–Trinajstić information content (AvgIpc) is 3.26. The molecule has 3 heterocycles. The molecule has 0 aliphatic heterocycles. The second kappa shape index (κ2) is 12.1. The molecule has 194 valence electrons. The molecule has 3 aromatic rings. The number of amidine groups is 1. The van der Waals surface area contributed by atoms with Crippen LogP contribution in [0.2, 0.25) is 0 Å². The van der Waals surface area contributed by atoms with Gasteiger partial charge in [-0.05, 0) is 63.6 Å². The molecule has 6 nitrogen and oxygen atoms in total. The Morgan fingerprint density at radius 3 is 2.58 bits per heavy atom. The van der Waals surface area contributed by atoms with Crippen molar-refractivity contribution in [1.82, 2.24) is 19.9 Å². The fourth-order valence-electron chi connectivity index (χ4n) is 3.09. The van der Waals surface area contributed by atoms with E-state index in [1.165, 1.54) is 11.3 Å². The summed E-state index contributed by atoms with van der Waals surface area (Å²) in [4.78, 5) is 20.3. The number of aromatic nitrogens is 3. The van der Waals surface area contributed by atoms with Crippen LogP contribution in [0.3, 0.4) is 0 Å². The van der Waals surface area contributed by atoms with Crippen LogP contribution < -0.4 is 4.74 Å². The van der Waals surface area contributed by atoms with Crippen LogP contribution in [0, 0.1) is 5.92 Å². The van der Waals surface area contributed by atoms with E-state index in [1.807, 2.05) is 55.6 Å². The van der Waals surface area contributed by atoms with E-state index in [1.54, 1.807) is 18.7 Å². The highest BCUT2D eigenvalue weighted by molar-refractivity contribution is 7.98. The van der Waals surface area contributed by atoms with Gasteiger partial charge in [0.25, 0.3) is 5.19 Å². The lowest BCUT2D eigenvalue weighted by Crippen LogP contribution is -2.29. The number of fused-ring (bicyclic) bond motifs is 1. The molecule has 0 saturated carbocycles. The van der Waals surface area contributed by atoms with Gasteiger partial charge in [0, 0.05) is 37.1 Å². The molecular formula is C25H30F3N5OS2. The molecule has 0 radical (unpaired) electrons. The standard InChI is InChI=1S/C25H30F3N5OS2/c1-15(11-12-33(5)18(4)29-13-16(2)25(26,27)28)17(3)34-24-32-21-9-8-20(31-23(21)36-24)19-7-10-22(35-6)30-14-19/h7-10,13-15,17H,11-12H2,1-6H3/b16-13+,29-18+/t15?,17-/m0/s1. The number of hydrogen-bond donors (Lipinski definition) is 0. The Morgan fingerprint density at radius 2 is 1.94 bits per heavy atom. The summed E-state index contributed by atoms with van der Waals surface area (Å²) in [5.41, 5.74) is 1.83. The number of hydrogen-bond acceptors (Lipinski definition) is 7. The van der Waals surface area contributed by atoms with Gasteiger partial charge in [-0.15, -0.1) is 11.8 Å². The van der Waals surface area contributed by atoms with Gasteiger partial charge in [0.15, 0.2) is 0 Å². The van der Waals surface area contributed by atoms with Crippen LogP contribution in [0.5, 0.6) is 5.19 Å². The van der Waals surface area contributed by atoms with Gasteiger partial charge in [-0.1, -0.05) is 18.3 Å². The number of ether oxygens (including phenoxy) is 1. The number of rotatable bonds is 9. The first-order chi connectivity index (χ1) is 17.0. The average molecular weight is 538 g/mol. The lowest BCUT2D eigenvalue weighted by molar-refractivity contribution is -0.0914. The Bertz CT molecular complexity index is 1220. The number of pyridine rings is 2. The molecule has 0 aromatic carbocycles. The first kappa shape index (κ1) is 27.9. The maximum absolute atomic E-state index is 12.6. The van der Waals surface area contributed by atoms with Gasteiger partial charge in [0.1, 0.15) is 22.3 Å². The summed E-state index contributed by atoms with van der Waals surface area (Å²) in [7, 11) is 1.81. The summed E-state index contributed by atoms with van der Waals surface area (Å²) >= 11 is 3.00. The van der Waals surface area contributed by atoms with E-state index < -0.39 is 11.7 Å². The zero-order valence-electron chi connectivity index (χ0n) is 21.1. The zero-order valence-corrected chi connectivity index (χ0v) is 22.8. The lowest BCUT2D eigenvalue weighted by atomic mass is 10.0. The van der Waals surface area contributed by atoms with Crippen LogP contribution in [0.1, 0.15) is 34.1 Å². The van der Waals surface area contributed by atoms with Crippen molar-refractivity contribution in [2.75, 3.05) is 19.8 Å². The number of allylic oxidation sites excluding steroid dienone is 1. The zero-order chi connectivity index (χ0) is 26.5. The molecule has 0 saturated heterocycles. The predicted molar refractivity (Wildman–Crippen MR) is 142 cm³/mol. The highest BCUT2D eigenvalue weighted by Crippen LogP contribution is 2.31. The quantitative estimate of drug-likeness (QED) is 0.165. The van der Waals surface area contributed by atoms with Crippen LogP contribution in [0.4, 0.5) is 13.2 Å². The molecule has 0 amide bonds. The molecule has 0 spiro atoms. The number of nitrogens with zero attached hydrogens (tertiary/aromatic N) is 5. The Hall–Kier alpha value is -2.66. The van der Waals surface area contributed by atoms with E-state index in [2.05, 4.69) is 21.9 Å². The first-order valence-electron chi connectivity index (χ1n) is 11.4. The fraction of sp³-hybridized carbons (Fsp3) is 0.440. The summed E-state index contributed by atoms with van der Waals surface area (Å²) in [6.07, 6.45) is 0.980. The lowest BCUT2D eigenvalue weighted by Gasteiger charge is -2.24. The van der Waals surface area contributed by atoms with E-state index in [0.29, 0.717) is 17.6 Å². The Labute approximate surface area is 217 Å². The van der Waals surface area contributed by atoms with E-state index in [9.17, 15) is 13.2 Å². The predicted octanol–water partition coefficient (Wildman–Crippen LogP) is 7.09. The Morgan fingerprint density at radius 1 is 1.19 bits per heavy atom. The summed E-state index contributed by atoms with van der Waals surface area (Å²) in [5, 5.41) is 1.52. The van der Waals surface area contributed by atoms with Crippen LogP contribution in [0.15, 0.2) is 52.3 Å². The topological polar surface area (TPSA) is 63.5 Å². The molecule has 3 rings (SSSR count). The van der Waals surface area contributed by atoms with Gasteiger partial charge >= 0.3 is 6.18 Å². The summed E-state index contributed by atoms with van der Waals surface area (Å²) in [6, 6.07) is 7.84. The maximum atomic E-state index is 12.6. The molecular weight excluding hydrogens is 507 g/mol. The third-order valence-electron chi connectivity index (χ3n) is 5.93. The Kier molecular flexibility index (Phi) is 9.35. The first-order valence-corrected chi connectivity index (χ1v) is 13.5. The molecule has 11 heteroatoms. The highest BCUT2D eigenvalue weighted by Gasteiger charge is 2.29. The van der Waals surface area contributed by atoms with Crippen LogP contribution in [-0.2, 0) is 0 Å². The van der Waals surface area contributed by atoms with Crippen molar-refractivity contribution in [3.05, 3.63) is 42.2 Å². The number of aliphatic imine (C=N–C) groups is 1. The van der Waals surface area contributed by atoms with Crippen molar-refractivity contribution in [1.29, 1.82) is 0 Å². The van der Waals surface area contributed by atoms with Crippen molar-refractivity contribution < 1.29 is 17.9 Å². The van der Waals surface area contributed by atoms with Crippen LogP contribution in [0.25, 0.3) is 21.6 Å². The molecule has 0 N–H and O–H groups in total. The molecule has 36 heavy (non-hydrogen) atoms. The number of halogens is 3. The third-order valence-corrected chi connectivity index (χ3v) is 7.45. The smallest absolute Gasteiger partial charge is 0.413 e. The van der Waals surface area contributed by atoms with Gasteiger partial charge in [0.05, 0.1) is 10.7 Å². The minimum absolute atomic E-state index is 0.105. The van der Waals surface area contributed by atoms with Crippen molar-refractivity contribution >= 4 is 39.3 Å². The molecule has 3 aromatic heterocycles. The van der Waals surface area contributed by atoms with E-state index in [4.69, 9.17) is 9.72 Å². The number of alkyl halides is 3. The number of thiazole rings is 1. The minimum Gasteiger partial charge on any atom is -0.467 e. The highest BCUT2D eigenvalue weighted by atomic mass is 32.2. The molecule has 1 unspecified atom stereocenters. The van der Waals surface area contributed by atoms with E-state index >= 15 is 0 Å². The molecule has 0 aliphatic rings. The van der Waals surface area contributed by atoms with E-state index in [0.717, 1.165) is 46.2 Å². The molecule has 0 fully saturated rings. The van der Waals surface area contributed by atoms with Gasteiger partial charge in [0.2, 0.25) is 0 Å². The van der Waals surface area contributed by atoms with Crippen LogP contribution >= 0.6 is 23.1 Å². The maximum Gasteiger partial charge on any atom is 0.413 e. The van der Waals surface area contributed by atoms with Gasteiger partial charge < -0.3 is 9.64 Å². The largest absolute Gasteiger partial charge is 0.467 e. The van der Waals surface area contributed by atoms with Crippen LogP contribution in [-0.4, -0.2) is 57.8 Å². The SMILES string of the molecule is CSc1ccc(-c2ccc3nc(O[C@@H](C)C(C)CCN(C)/C(C)=N/C=C(\C)C(F)(F)F)sc3n2)cn1. The van der Waals surface area contributed by atoms with Crippen molar-refractivity contribution in [2.45, 2.75) is 51.4 Å². The second-order valence-electron chi connectivity index (χ2n) is 8.59. The molecule has 2 atom stereocenters. The summed E-state index contributed by atoms with van der Waals surface area (Å²) < 4.78 is 44.0. The van der Waals surface area contributed by atoms with Crippen molar-refractivity contribution in [3.8, 4) is 16.5 Å². The normalized spacial score (nSPS) is 14.7. The minimum atomic E-state index is -4.36. The monoisotopic (exact) mass is 537 g/mol. The van der Waals surface area contributed by atoms with Gasteiger partial charge in [-0.3, -0.25) is 0 Å². The van der Waals surface area contributed by atoms with Crippen molar-refractivity contribution in [3.63, 3.8) is 0 Å². The van der Waals surface area contributed by atoms with Crippen molar-refractivity contribution in [2.24, 2.45) is 10.9 Å². The third kappa shape index (κ3) is 7.42. The van der Waals surface area contributed by atoms with Gasteiger partial charge in [-0.2, -0.15) is 13.2 Å². The fourth-order valence-corrected chi connectivity index (χ4v) is 4.33. The second-order valence-corrected chi connectivity index (χ2v) is 10.4. The van der Waals surface area contributed by atoms with Gasteiger partial charge in [-0.25, -0.2) is 19.9 Å². The number of thioether (sulfide) groups is 1. The summed E-state index contributed by atoms with van der Waals surface area (Å²) in [5.74, 6) is 0.704. The molecule has 0 aliphatic carbocycles. The Balaban J connectivity index is 1.58. The summed E-state index contributed by atoms with van der Waals surface area (Å²) in [6.45, 7) is 7.41.